The van der Waals surface area contributed by atoms with Crippen LogP contribution in [0.2, 0.25) is 0 Å². The van der Waals surface area contributed by atoms with Crippen LogP contribution in [0.25, 0.3) is 0 Å². The van der Waals surface area contributed by atoms with Crippen molar-refractivity contribution in [3.8, 4) is 0 Å². The normalized spacial score (nSPS) is 12.0. The van der Waals surface area contributed by atoms with E-state index in [9.17, 15) is 21.6 Å². The van der Waals surface area contributed by atoms with E-state index in [0.29, 0.717) is 5.56 Å². The van der Waals surface area contributed by atoms with Gasteiger partial charge in [0.05, 0.1) is 27.7 Å². The zero-order valence-corrected chi connectivity index (χ0v) is 17.1. The molecule has 0 spiro atoms. The van der Waals surface area contributed by atoms with Crippen molar-refractivity contribution in [2.45, 2.75) is 15.5 Å². The van der Waals surface area contributed by atoms with Crippen molar-refractivity contribution >= 4 is 41.7 Å². The van der Waals surface area contributed by atoms with E-state index in [1.54, 1.807) is 30.3 Å². The van der Waals surface area contributed by atoms with Crippen LogP contribution in [-0.4, -0.2) is 41.0 Å². The summed E-state index contributed by atoms with van der Waals surface area (Å²) in [6.45, 7) is -0.492. The van der Waals surface area contributed by atoms with Gasteiger partial charge in [-0.15, -0.1) is 0 Å². The molecule has 0 bridgehead atoms. The van der Waals surface area contributed by atoms with E-state index in [-0.39, 0.29) is 33.8 Å². The van der Waals surface area contributed by atoms with E-state index in [2.05, 4.69) is 21.2 Å². The van der Waals surface area contributed by atoms with Gasteiger partial charge < -0.3 is 10.4 Å². The van der Waals surface area contributed by atoms with E-state index in [0.717, 1.165) is 12.1 Å². The molecule has 0 fully saturated rings. The third kappa shape index (κ3) is 5.36. The largest absolute Gasteiger partial charge is 0.395 e. The smallest absolute Gasteiger partial charge is 0.252 e. The molecule has 2 aromatic carbocycles. The lowest BCUT2D eigenvalue weighted by atomic mass is 10.2. The summed E-state index contributed by atoms with van der Waals surface area (Å²) in [5.74, 6) is -1.22. The highest BCUT2D eigenvalue weighted by Crippen LogP contribution is 2.30. The number of nitrogens with two attached hydrogens (primary N) is 1. The number of primary sulfonamides is 1. The summed E-state index contributed by atoms with van der Waals surface area (Å²) >= 11 is 3.00. The molecule has 2 aromatic rings. The van der Waals surface area contributed by atoms with E-state index < -0.39 is 30.7 Å². The number of hydrogen-bond donors (Lipinski definition) is 3. The summed E-state index contributed by atoms with van der Waals surface area (Å²) in [7, 11) is -8.19. The highest BCUT2D eigenvalue weighted by atomic mass is 79.9. The second-order valence-corrected chi connectivity index (χ2v) is 9.89. The summed E-state index contributed by atoms with van der Waals surface area (Å²) < 4.78 is 49.1. The average Bonchev–Trinajstić information content (AvgIpc) is 2.58. The first kappa shape index (κ1) is 21.5. The number of carbonyl (C=O) groups is 1. The van der Waals surface area contributed by atoms with Gasteiger partial charge in [0.25, 0.3) is 5.91 Å². The molecule has 0 radical (unpaired) electrons. The molecule has 0 saturated carbocycles. The van der Waals surface area contributed by atoms with E-state index in [1.807, 2.05) is 0 Å². The topological polar surface area (TPSA) is 144 Å². The summed E-state index contributed by atoms with van der Waals surface area (Å²) in [6.07, 6.45) is 0. The van der Waals surface area contributed by atoms with Crippen LogP contribution in [0.3, 0.4) is 0 Å². The molecule has 11 heteroatoms. The third-order valence-corrected chi connectivity index (χ3v) is 7.11. The van der Waals surface area contributed by atoms with E-state index >= 15 is 0 Å². The molecule has 8 nitrogen and oxygen atoms in total. The maximum atomic E-state index is 12.9. The highest BCUT2D eigenvalue weighted by Gasteiger charge is 2.27. The third-order valence-electron chi connectivity index (χ3n) is 3.52. The van der Waals surface area contributed by atoms with Crippen molar-refractivity contribution in [2.75, 3.05) is 13.2 Å². The van der Waals surface area contributed by atoms with Gasteiger partial charge in [0.15, 0.2) is 9.84 Å². The molecule has 0 saturated heterocycles. The molecular formula is C16H17BrN2O6S2. The molecule has 0 aliphatic rings. The first-order valence-corrected chi connectivity index (χ1v) is 11.6. The predicted molar refractivity (Wildman–Crippen MR) is 102 cm³/mol. The molecule has 0 aliphatic carbocycles. The monoisotopic (exact) mass is 476 g/mol. The molecule has 2 rings (SSSR count). The molecule has 146 valence electrons. The number of halogens is 1. The summed E-state index contributed by atoms with van der Waals surface area (Å²) in [6, 6.07) is 10.3. The van der Waals surface area contributed by atoms with E-state index in [4.69, 9.17) is 10.2 Å². The van der Waals surface area contributed by atoms with Gasteiger partial charge >= 0.3 is 0 Å². The van der Waals surface area contributed by atoms with Crippen LogP contribution >= 0.6 is 15.9 Å². The Morgan fingerprint density at radius 2 is 1.70 bits per heavy atom. The Bertz CT molecular complexity index is 1050. The minimum absolute atomic E-state index is 0.0738. The van der Waals surface area contributed by atoms with Crippen LogP contribution in [0.4, 0.5) is 0 Å². The average molecular weight is 477 g/mol. The molecule has 0 aliphatic heterocycles. The lowest BCUT2D eigenvalue weighted by Gasteiger charge is -2.14. The van der Waals surface area contributed by atoms with Crippen LogP contribution in [0, 0.1) is 0 Å². The number of aliphatic hydroxyl groups is 1. The number of sulfone groups is 1. The molecule has 27 heavy (non-hydrogen) atoms. The van der Waals surface area contributed by atoms with Crippen molar-refractivity contribution in [3.05, 3.63) is 58.1 Å². The second-order valence-electron chi connectivity index (χ2n) is 5.55. The quantitative estimate of drug-likeness (QED) is 0.538. The zero-order valence-electron chi connectivity index (χ0n) is 13.9. The fraction of sp³-hybridized carbons (Fsp3) is 0.188. The van der Waals surface area contributed by atoms with Gasteiger partial charge in [-0.25, -0.2) is 22.0 Å². The minimum atomic E-state index is -4.20. The SMILES string of the molecule is NS(=O)(=O)c1cc(C(=O)NCCO)c(S(=O)(=O)Cc2ccccc2)cc1Br. The number of sulfonamides is 1. The molecular weight excluding hydrogens is 460 g/mol. The maximum Gasteiger partial charge on any atom is 0.252 e. The van der Waals surface area contributed by atoms with Crippen LogP contribution < -0.4 is 10.5 Å². The number of nitrogens with one attached hydrogen (secondary N) is 1. The second kappa shape index (κ2) is 8.48. The zero-order chi connectivity index (χ0) is 20.2. The Hall–Kier alpha value is -1.79. The van der Waals surface area contributed by atoms with Crippen molar-refractivity contribution < 1.29 is 26.7 Å². The van der Waals surface area contributed by atoms with Crippen LogP contribution in [0.15, 0.2) is 56.7 Å². The summed E-state index contributed by atoms with van der Waals surface area (Å²) in [5.41, 5.74) is 0.137. The number of aliphatic hydroxyl groups excluding tert-OH is 1. The Labute approximate surface area is 165 Å². The lowest BCUT2D eigenvalue weighted by Crippen LogP contribution is -2.28. The van der Waals surface area contributed by atoms with Gasteiger partial charge in [-0.1, -0.05) is 30.3 Å². The molecule has 1 amide bonds. The number of rotatable bonds is 7. The van der Waals surface area contributed by atoms with Crippen molar-refractivity contribution in [1.29, 1.82) is 0 Å². The molecule has 0 unspecified atom stereocenters. The fourth-order valence-electron chi connectivity index (χ4n) is 2.32. The Kier molecular flexibility index (Phi) is 6.76. The van der Waals surface area contributed by atoms with Gasteiger partial charge in [0, 0.05) is 11.0 Å². The highest BCUT2D eigenvalue weighted by molar-refractivity contribution is 9.10. The molecule has 0 atom stereocenters. The van der Waals surface area contributed by atoms with Crippen LogP contribution in [0.5, 0.6) is 0 Å². The minimum Gasteiger partial charge on any atom is -0.395 e. The number of carbonyl (C=O) groups excluding carboxylic acids is 1. The van der Waals surface area contributed by atoms with Gasteiger partial charge in [0.2, 0.25) is 10.0 Å². The Balaban J connectivity index is 2.63. The van der Waals surface area contributed by atoms with Gasteiger partial charge in [-0.05, 0) is 33.6 Å². The Morgan fingerprint density at radius 1 is 1.07 bits per heavy atom. The molecule has 0 heterocycles. The standard InChI is InChI=1S/C16H17BrN2O6S2/c17-13-9-14(26(22,23)10-11-4-2-1-3-5-11)12(16(21)19-6-7-20)8-15(13)27(18,24)25/h1-5,8-9,20H,6-7,10H2,(H,19,21)(H2,18,24,25). The number of benzene rings is 2. The summed E-state index contributed by atoms with van der Waals surface area (Å²) in [4.78, 5) is 11.6. The first-order chi connectivity index (χ1) is 12.6. The molecule has 4 N–H and O–H groups in total. The lowest BCUT2D eigenvalue weighted by molar-refractivity contribution is 0.0941. The number of amides is 1. The number of hydrogen-bond acceptors (Lipinski definition) is 6. The van der Waals surface area contributed by atoms with Gasteiger partial charge in [-0.3, -0.25) is 4.79 Å². The van der Waals surface area contributed by atoms with E-state index in [1.165, 1.54) is 0 Å². The van der Waals surface area contributed by atoms with Crippen molar-refractivity contribution in [2.24, 2.45) is 5.14 Å². The van der Waals surface area contributed by atoms with Crippen LogP contribution in [0.1, 0.15) is 15.9 Å². The van der Waals surface area contributed by atoms with Crippen molar-refractivity contribution in [3.63, 3.8) is 0 Å². The van der Waals surface area contributed by atoms with Crippen LogP contribution in [-0.2, 0) is 25.6 Å². The summed E-state index contributed by atoms with van der Waals surface area (Å²) in [5, 5.41) is 16.3. The first-order valence-electron chi connectivity index (χ1n) is 7.58. The molecule has 0 aromatic heterocycles. The predicted octanol–water partition coefficient (Wildman–Crippen LogP) is 0.793. The maximum absolute atomic E-state index is 12.9. The van der Waals surface area contributed by atoms with Gasteiger partial charge in [0.1, 0.15) is 0 Å². The van der Waals surface area contributed by atoms with Gasteiger partial charge in [-0.2, -0.15) is 0 Å². The van der Waals surface area contributed by atoms with Crippen molar-refractivity contribution in [1.82, 2.24) is 5.32 Å². The Morgan fingerprint density at radius 3 is 2.26 bits per heavy atom. The fourth-order valence-corrected chi connectivity index (χ4v) is 5.68.